The standard InChI is InChI=1S/C12H18N4O2/c1-3-6-18-11-7-9(4-5-10(11)17-2)8-15-16-12(13)14/h4-5,7-8H,3,6H2,1-2H3,(H4,13,14,16). The maximum atomic E-state index is 5.57. The fourth-order valence-corrected chi connectivity index (χ4v) is 1.26. The van der Waals surface area contributed by atoms with Gasteiger partial charge in [0.05, 0.1) is 19.9 Å². The summed E-state index contributed by atoms with van der Waals surface area (Å²) in [6, 6.07) is 5.46. The zero-order valence-corrected chi connectivity index (χ0v) is 10.6. The zero-order chi connectivity index (χ0) is 13.4. The largest absolute Gasteiger partial charge is 0.493 e. The lowest BCUT2D eigenvalue weighted by atomic mass is 10.2. The van der Waals surface area contributed by atoms with Crippen LogP contribution in [0.4, 0.5) is 0 Å². The van der Waals surface area contributed by atoms with E-state index in [2.05, 4.69) is 10.2 Å². The van der Waals surface area contributed by atoms with Crippen LogP contribution in [0.1, 0.15) is 18.9 Å². The van der Waals surface area contributed by atoms with Crippen LogP contribution in [-0.2, 0) is 0 Å². The third-order valence-corrected chi connectivity index (χ3v) is 2.03. The van der Waals surface area contributed by atoms with E-state index in [1.54, 1.807) is 7.11 Å². The average Bonchev–Trinajstić information content (AvgIpc) is 2.36. The molecule has 4 N–H and O–H groups in total. The smallest absolute Gasteiger partial charge is 0.211 e. The molecule has 0 fully saturated rings. The van der Waals surface area contributed by atoms with Crippen LogP contribution in [0.2, 0.25) is 0 Å². The number of nitrogens with zero attached hydrogens (tertiary/aromatic N) is 2. The summed E-state index contributed by atoms with van der Waals surface area (Å²) in [5.74, 6) is 1.28. The van der Waals surface area contributed by atoms with E-state index < -0.39 is 0 Å². The SMILES string of the molecule is CCCOc1cc(C=NN=C(N)N)ccc1OC. The van der Waals surface area contributed by atoms with E-state index >= 15 is 0 Å². The van der Waals surface area contributed by atoms with E-state index in [1.165, 1.54) is 6.21 Å². The second-order valence-corrected chi connectivity index (χ2v) is 3.53. The summed E-state index contributed by atoms with van der Waals surface area (Å²) in [4.78, 5) is 0. The van der Waals surface area contributed by atoms with Gasteiger partial charge in [0.25, 0.3) is 0 Å². The summed E-state index contributed by atoms with van der Waals surface area (Å²) < 4.78 is 10.8. The number of hydrogen-bond donors (Lipinski definition) is 2. The first-order chi connectivity index (χ1) is 8.67. The molecule has 0 bridgehead atoms. The fraction of sp³-hybridized carbons (Fsp3) is 0.333. The van der Waals surface area contributed by atoms with Crippen molar-refractivity contribution in [3.05, 3.63) is 23.8 Å². The van der Waals surface area contributed by atoms with E-state index in [9.17, 15) is 0 Å². The molecule has 0 saturated heterocycles. The van der Waals surface area contributed by atoms with Crippen molar-refractivity contribution >= 4 is 12.2 Å². The first-order valence-corrected chi connectivity index (χ1v) is 5.60. The van der Waals surface area contributed by atoms with Crippen molar-refractivity contribution in [1.29, 1.82) is 0 Å². The number of benzene rings is 1. The van der Waals surface area contributed by atoms with Crippen LogP contribution >= 0.6 is 0 Å². The quantitative estimate of drug-likeness (QED) is 0.449. The number of hydrogen-bond acceptors (Lipinski definition) is 4. The van der Waals surface area contributed by atoms with Gasteiger partial charge in [-0.3, -0.25) is 0 Å². The molecule has 0 aliphatic rings. The van der Waals surface area contributed by atoms with Gasteiger partial charge in [-0.25, -0.2) is 0 Å². The van der Waals surface area contributed by atoms with Gasteiger partial charge in [0.1, 0.15) is 0 Å². The first-order valence-electron chi connectivity index (χ1n) is 5.60. The molecule has 0 unspecified atom stereocenters. The van der Waals surface area contributed by atoms with Crippen LogP contribution in [0, 0.1) is 0 Å². The maximum Gasteiger partial charge on any atom is 0.211 e. The molecule has 1 aromatic carbocycles. The second-order valence-electron chi connectivity index (χ2n) is 3.53. The highest BCUT2D eigenvalue weighted by Gasteiger charge is 2.04. The Morgan fingerprint density at radius 3 is 2.72 bits per heavy atom. The molecule has 6 nitrogen and oxygen atoms in total. The van der Waals surface area contributed by atoms with Crippen LogP contribution in [0.15, 0.2) is 28.4 Å². The average molecular weight is 250 g/mol. The van der Waals surface area contributed by atoms with Crippen molar-refractivity contribution in [1.82, 2.24) is 0 Å². The molecule has 1 rings (SSSR count). The van der Waals surface area contributed by atoms with Gasteiger partial charge >= 0.3 is 0 Å². The highest BCUT2D eigenvalue weighted by Crippen LogP contribution is 2.27. The van der Waals surface area contributed by atoms with Gasteiger partial charge in [0.15, 0.2) is 11.5 Å². The Balaban J connectivity index is 2.88. The molecule has 0 amide bonds. The number of methoxy groups -OCH3 is 1. The minimum atomic E-state index is -0.0813. The first kappa shape index (κ1) is 13.8. The normalized spacial score (nSPS) is 10.3. The molecule has 0 aliphatic carbocycles. The minimum absolute atomic E-state index is 0.0813. The predicted octanol–water partition coefficient (Wildman–Crippen LogP) is 1.09. The van der Waals surface area contributed by atoms with E-state index in [-0.39, 0.29) is 5.96 Å². The number of guanidine groups is 1. The van der Waals surface area contributed by atoms with E-state index in [4.69, 9.17) is 20.9 Å². The predicted molar refractivity (Wildman–Crippen MR) is 72.2 cm³/mol. The monoisotopic (exact) mass is 250 g/mol. The molecule has 0 aromatic heterocycles. The van der Waals surface area contributed by atoms with Crippen LogP contribution in [0.5, 0.6) is 11.5 Å². The Hall–Kier alpha value is -2.24. The lowest BCUT2D eigenvalue weighted by Gasteiger charge is -2.10. The summed E-state index contributed by atoms with van der Waals surface area (Å²) in [5, 5.41) is 7.26. The van der Waals surface area contributed by atoms with Gasteiger partial charge in [0, 0.05) is 0 Å². The molecule has 0 heterocycles. The third-order valence-electron chi connectivity index (χ3n) is 2.03. The third kappa shape index (κ3) is 4.32. The fourth-order valence-electron chi connectivity index (χ4n) is 1.26. The van der Waals surface area contributed by atoms with Gasteiger partial charge in [-0.15, -0.1) is 5.10 Å². The molecule has 0 atom stereocenters. The molecule has 6 heteroatoms. The van der Waals surface area contributed by atoms with Gasteiger partial charge in [-0.05, 0) is 30.2 Å². The molecule has 0 aliphatic heterocycles. The lowest BCUT2D eigenvalue weighted by Crippen LogP contribution is -2.21. The van der Waals surface area contributed by atoms with Crippen molar-refractivity contribution < 1.29 is 9.47 Å². The summed E-state index contributed by atoms with van der Waals surface area (Å²) in [5.41, 5.74) is 11.2. The lowest BCUT2D eigenvalue weighted by molar-refractivity contribution is 0.294. The summed E-state index contributed by atoms with van der Waals surface area (Å²) in [6.45, 7) is 2.67. The molecule has 0 saturated carbocycles. The molecule has 1 aromatic rings. The Bertz CT molecular complexity index is 440. The topological polar surface area (TPSA) is 95.2 Å². The number of ether oxygens (including phenoxy) is 2. The number of rotatable bonds is 6. The van der Waals surface area contributed by atoms with Crippen molar-refractivity contribution in [2.75, 3.05) is 13.7 Å². The van der Waals surface area contributed by atoms with Crippen LogP contribution in [0.3, 0.4) is 0 Å². The summed E-state index contributed by atoms with van der Waals surface area (Å²) in [6.07, 6.45) is 2.47. The van der Waals surface area contributed by atoms with E-state index in [1.807, 2.05) is 25.1 Å². The molecule has 0 spiro atoms. The molecular weight excluding hydrogens is 232 g/mol. The van der Waals surface area contributed by atoms with E-state index in [0.29, 0.717) is 18.1 Å². The summed E-state index contributed by atoms with van der Waals surface area (Å²) in [7, 11) is 1.60. The van der Waals surface area contributed by atoms with Crippen LogP contribution in [0.25, 0.3) is 0 Å². The van der Waals surface area contributed by atoms with E-state index in [0.717, 1.165) is 12.0 Å². The minimum Gasteiger partial charge on any atom is -0.493 e. The molecular formula is C12H18N4O2. The van der Waals surface area contributed by atoms with Gasteiger partial charge in [-0.2, -0.15) is 5.10 Å². The van der Waals surface area contributed by atoms with Crippen molar-refractivity contribution in [2.24, 2.45) is 21.7 Å². The molecule has 98 valence electrons. The number of nitrogens with two attached hydrogens (primary N) is 2. The molecule has 18 heavy (non-hydrogen) atoms. The van der Waals surface area contributed by atoms with Gasteiger partial charge in [-0.1, -0.05) is 6.92 Å². The Morgan fingerprint density at radius 1 is 1.33 bits per heavy atom. The Kier molecular flexibility index (Phi) is 5.50. The Labute approximate surface area is 106 Å². The molecule has 0 radical (unpaired) electrons. The van der Waals surface area contributed by atoms with Gasteiger partial charge in [0.2, 0.25) is 5.96 Å². The van der Waals surface area contributed by atoms with Crippen LogP contribution < -0.4 is 20.9 Å². The highest BCUT2D eigenvalue weighted by atomic mass is 16.5. The van der Waals surface area contributed by atoms with Crippen molar-refractivity contribution in [2.45, 2.75) is 13.3 Å². The van der Waals surface area contributed by atoms with Gasteiger partial charge < -0.3 is 20.9 Å². The van der Waals surface area contributed by atoms with Crippen molar-refractivity contribution in [3.63, 3.8) is 0 Å². The Morgan fingerprint density at radius 2 is 2.11 bits per heavy atom. The maximum absolute atomic E-state index is 5.57. The van der Waals surface area contributed by atoms with Crippen molar-refractivity contribution in [3.8, 4) is 11.5 Å². The summed E-state index contributed by atoms with van der Waals surface area (Å²) >= 11 is 0. The zero-order valence-electron chi connectivity index (χ0n) is 10.6. The second kappa shape index (κ2) is 7.16. The van der Waals surface area contributed by atoms with Crippen LogP contribution in [-0.4, -0.2) is 25.9 Å². The highest BCUT2D eigenvalue weighted by molar-refractivity contribution is 5.82.